The normalized spacial score (nSPS) is 22.2. The Hall–Kier alpha value is -1.26. The molecule has 1 saturated carbocycles. The number of amides is 1. The van der Waals surface area contributed by atoms with Gasteiger partial charge in [0, 0.05) is 29.3 Å². The van der Waals surface area contributed by atoms with Crippen LogP contribution in [0.4, 0.5) is 5.69 Å². The molecule has 4 nitrogen and oxygen atoms in total. The van der Waals surface area contributed by atoms with Crippen LogP contribution in [0, 0.1) is 11.8 Å². The molecule has 0 unspecified atom stereocenters. The van der Waals surface area contributed by atoms with Crippen molar-refractivity contribution in [2.24, 2.45) is 17.6 Å². The largest absolute Gasteiger partial charge is 0.383 e. The van der Waals surface area contributed by atoms with E-state index in [0.717, 1.165) is 42.8 Å². The number of nitrogens with two attached hydrogens (primary N) is 1. The van der Waals surface area contributed by atoms with Crippen LogP contribution in [0.2, 0.25) is 5.02 Å². The fraction of sp³-hybridized carbons (Fsp3) is 0.632. The van der Waals surface area contributed by atoms with E-state index < -0.39 is 0 Å². The van der Waals surface area contributed by atoms with Crippen molar-refractivity contribution in [1.29, 1.82) is 0 Å². The second kappa shape index (κ2) is 9.28. The molecular weight excluding hydrogens is 322 g/mol. The Morgan fingerprint density at radius 2 is 1.92 bits per heavy atom. The smallest absolute Gasteiger partial charge is 0.224 e. The van der Waals surface area contributed by atoms with E-state index in [4.69, 9.17) is 17.3 Å². The molecule has 0 aliphatic heterocycles. The van der Waals surface area contributed by atoms with Gasteiger partial charge in [-0.05, 0) is 49.4 Å². The maximum atomic E-state index is 12.6. The lowest BCUT2D eigenvalue weighted by molar-refractivity contribution is -0.127. The lowest BCUT2D eigenvalue weighted by atomic mass is 9.84. The van der Waals surface area contributed by atoms with Crippen LogP contribution in [-0.4, -0.2) is 24.5 Å². The topological polar surface area (TPSA) is 67.1 Å². The highest BCUT2D eigenvalue weighted by Crippen LogP contribution is 2.23. The van der Waals surface area contributed by atoms with Gasteiger partial charge >= 0.3 is 0 Å². The molecule has 0 radical (unpaired) electrons. The minimum atomic E-state index is -0.0380. The molecule has 1 aromatic carbocycles. The van der Waals surface area contributed by atoms with Crippen molar-refractivity contribution in [2.45, 2.75) is 58.0 Å². The van der Waals surface area contributed by atoms with Crippen molar-refractivity contribution < 1.29 is 4.79 Å². The Morgan fingerprint density at radius 1 is 1.25 bits per heavy atom. The SMILES string of the molecule is CC(C)C[C@@H](CNc1ccc(Cl)cc1)NC(=O)[C@@H]1CCCC[C@@H]1N. The lowest BCUT2D eigenvalue weighted by Gasteiger charge is -2.30. The zero-order valence-corrected chi connectivity index (χ0v) is 15.5. The fourth-order valence-electron chi connectivity index (χ4n) is 3.36. The number of rotatable bonds is 7. The summed E-state index contributed by atoms with van der Waals surface area (Å²) in [6.07, 6.45) is 5.04. The maximum Gasteiger partial charge on any atom is 0.224 e. The van der Waals surface area contributed by atoms with E-state index in [1.165, 1.54) is 0 Å². The number of carbonyl (C=O) groups is 1. The van der Waals surface area contributed by atoms with Crippen molar-refractivity contribution in [1.82, 2.24) is 5.32 Å². The number of anilines is 1. The third kappa shape index (κ3) is 5.99. The van der Waals surface area contributed by atoms with Crippen LogP contribution in [-0.2, 0) is 4.79 Å². The summed E-state index contributed by atoms with van der Waals surface area (Å²) >= 11 is 5.92. The van der Waals surface area contributed by atoms with Crippen molar-refractivity contribution in [2.75, 3.05) is 11.9 Å². The van der Waals surface area contributed by atoms with Gasteiger partial charge in [-0.25, -0.2) is 0 Å². The Morgan fingerprint density at radius 3 is 2.54 bits per heavy atom. The average molecular weight is 352 g/mol. The van der Waals surface area contributed by atoms with E-state index in [9.17, 15) is 4.79 Å². The predicted molar refractivity (Wildman–Crippen MR) is 101 cm³/mol. The van der Waals surface area contributed by atoms with Crippen LogP contribution in [0.1, 0.15) is 46.0 Å². The predicted octanol–water partition coefficient (Wildman–Crippen LogP) is 3.80. The average Bonchev–Trinajstić information content (AvgIpc) is 2.54. The Bertz CT molecular complexity index is 518. The first-order chi connectivity index (χ1) is 11.5. The zero-order valence-electron chi connectivity index (χ0n) is 14.7. The number of hydrogen-bond acceptors (Lipinski definition) is 3. The summed E-state index contributed by atoms with van der Waals surface area (Å²) < 4.78 is 0. The second-order valence-electron chi connectivity index (χ2n) is 7.28. The number of halogens is 1. The fourth-order valence-corrected chi connectivity index (χ4v) is 3.49. The van der Waals surface area contributed by atoms with E-state index in [2.05, 4.69) is 24.5 Å². The molecule has 24 heavy (non-hydrogen) atoms. The van der Waals surface area contributed by atoms with Crippen LogP contribution in [0.5, 0.6) is 0 Å². The second-order valence-corrected chi connectivity index (χ2v) is 7.71. The summed E-state index contributed by atoms with van der Waals surface area (Å²) in [7, 11) is 0. The maximum absolute atomic E-state index is 12.6. The quantitative estimate of drug-likeness (QED) is 0.700. The van der Waals surface area contributed by atoms with E-state index in [1.54, 1.807) is 0 Å². The van der Waals surface area contributed by atoms with Crippen LogP contribution in [0.25, 0.3) is 0 Å². The molecule has 1 aliphatic carbocycles. The van der Waals surface area contributed by atoms with Gasteiger partial charge in [-0.3, -0.25) is 4.79 Å². The number of nitrogens with one attached hydrogen (secondary N) is 2. The highest BCUT2D eigenvalue weighted by Gasteiger charge is 2.29. The number of carbonyl (C=O) groups excluding carboxylic acids is 1. The van der Waals surface area contributed by atoms with Crippen LogP contribution < -0.4 is 16.4 Å². The van der Waals surface area contributed by atoms with E-state index in [-0.39, 0.29) is 23.9 Å². The zero-order chi connectivity index (χ0) is 17.5. The molecule has 3 atom stereocenters. The molecule has 0 heterocycles. The first-order valence-electron chi connectivity index (χ1n) is 9.01. The van der Waals surface area contributed by atoms with E-state index in [0.29, 0.717) is 12.5 Å². The third-order valence-electron chi connectivity index (χ3n) is 4.66. The van der Waals surface area contributed by atoms with E-state index >= 15 is 0 Å². The van der Waals surface area contributed by atoms with Gasteiger partial charge in [-0.2, -0.15) is 0 Å². The molecule has 1 fully saturated rings. The van der Waals surface area contributed by atoms with Gasteiger partial charge in [0.2, 0.25) is 5.91 Å². The Balaban J connectivity index is 1.91. The Labute approximate surface area is 150 Å². The lowest BCUT2D eigenvalue weighted by Crippen LogP contribution is -2.49. The summed E-state index contributed by atoms with van der Waals surface area (Å²) in [4.78, 5) is 12.6. The van der Waals surface area contributed by atoms with Gasteiger partial charge in [-0.15, -0.1) is 0 Å². The van der Waals surface area contributed by atoms with Gasteiger partial charge in [0.25, 0.3) is 0 Å². The summed E-state index contributed by atoms with van der Waals surface area (Å²) in [6, 6.07) is 7.73. The molecule has 0 spiro atoms. The van der Waals surface area contributed by atoms with Crippen molar-refractivity contribution >= 4 is 23.2 Å². The molecule has 5 heteroatoms. The van der Waals surface area contributed by atoms with Gasteiger partial charge in [-0.1, -0.05) is 38.3 Å². The first-order valence-corrected chi connectivity index (χ1v) is 9.39. The summed E-state index contributed by atoms with van der Waals surface area (Å²) in [5, 5.41) is 7.34. The summed E-state index contributed by atoms with van der Waals surface area (Å²) in [5.41, 5.74) is 7.16. The van der Waals surface area contributed by atoms with Crippen molar-refractivity contribution in [3.63, 3.8) is 0 Å². The molecule has 4 N–H and O–H groups in total. The number of hydrogen-bond donors (Lipinski definition) is 3. The minimum Gasteiger partial charge on any atom is -0.383 e. The molecule has 2 rings (SSSR count). The highest BCUT2D eigenvalue weighted by molar-refractivity contribution is 6.30. The monoisotopic (exact) mass is 351 g/mol. The molecule has 1 amide bonds. The molecule has 0 aromatic heterocycles. The van der Waals surface area contributed by atoms with Crippen molar-refractivity contribution in [3.8, 4) is 0 Å². The van der Waals surface area contributed by atoms with Crippen molar-refractivity contribution in [3.05, 3.63) is 29.3 Å². The van der Waals surface area contributed by atoms with Gasteiger partial charge < -0.3 is 16.4 Å². The van der Waals surface area contributed by atoms with Crippen LogP contribution in [0.3, 0.4) is 0 Å². The van der Waals surface area contributed by atoms with Gasteiger partial charge in [0.15, 0.2) is 0 Å². The minimum absolute atomic E-state index is 0.00248. The molecule has 134 valence electrons. The molecular formula is C19H30ClN3O. The highest BCUT2D eigenvalue weighted by atomic mass is 35.5. The van der Waals surface area contributed by atoms with E-state index in [1.807, 2.05) is 24.3 Å². The third-order valence-corrected chi connectivity index (χ3v) is 4.91. The Kier molecular flexibility index (Phi) is 7.38. The van der Waals surface area contributed by atoms with Crippen LogP contribution >= 0.6 is 11.6 Å². The number of benzene rings is 1. The molecule has 1 aliphatic rings. The molecule has 0 saturated heterocycles. The first kappa shape index (κ1) is 19.1. The molecule has 0 bridgehead atoms. The summed E-state index contributed by atoms with van der Waals surface area (Å²) in [5.74, 6) is 0.594. The standard InChI is InChI=1S/C19H30ClN3O/c1-13(2)11-16(12-22-15-9-7-14(20)8-10-15)23-19(24)17-5-3-4-6-18(17)21/h7-10,13,16-18,22H,3-6,11-12,21H2,1-2H3,(H,23,24)/t16-,17+,18-/m0/s1. The van der Waals surface area contributed by atoms with Crippen LogP contribution in [0.15, 0.2) is 24.3 Å². The van der Waals surface area contributed by atoms with Gasteiger partial charge in [0.1, 0.15) is 0 Å². The van der Waals surface area contributed by atoms with Gasteiger partial charge in [0.05, 0.1) is 5.92 Å². The molecule has 1 aromatic rings. The summed E-state index contributed by atoms with van der Waals surface area (Å²) in [6.45, 7) is 5.05.